The zero-order chi connectivity index (χ0) is 14.1. The minimum atomic E-state index is -0.383. The third-order valence-corrected chi connectivity index (χ3v) is 3.74. The van der Waals surface area contributed by atoms with Crippen LogP contribution in [0, 0.1) is 0 Å². The van der Waals surface area contributed by atoms with E-state index in [1.54, 1.807) is 11.6 Å². The molecule has 1 aliphatic rings. The van der Waals surface area contributed by atoms with Gasteiger partial charge in [0.05, 0.1) is 18.0 Å². The van der Waals surface area contributed by atoms with Gasteiger partial charge in [-0.1, -0.05) is 30.3 Å². The molecule has 0 N–H and O–H groups in total. The smallest absolute Gasteiger partial charge is 0.360 e. The lowest BCUT2D eigenvalue weighted by molar-refractivity contribution is 0.0517. The third-order valence-electron chi connectivity index (χ3n) is 3.74. The molecule has 0 amide bonds. The number of carbonyl (C=O) groups excluding carboxylic acids is 1. The number of para-hydroxylation sites is 1. The molecule has 0 saturated carbocycles. The number of rotatable bonds is 3. The lowest BCUT2D eigenvalue weighted by Crippen LogP contribution is -2.20. The van der Waals surface area contributed by atoms with Crippen molar-refractivity contribution in [2.24, 2.45) is 0 Å². The molecule has 1 aliphatic heterocycles. The van der Waals surface area contributed by atoms with Crippen LogP contribution < -0.4 is 0 Å². The average molecular weight is 271 g/mol. The van der Waals surface area contributed by atoms with E-state index >= 15 is 0 Å². The molecule has 1 atom stereocenters. The summed E-state index contributed by atoms with van der Waals surface area (Å²) in [6, 6.07) is 8.11. The molecule has 0 bridgehead atoms. The second kappa shape index (κ2) is 5.07. The van der Waals surface area contributed by atoms with Gasteiger partial charge in [-0.05, 0) is 31.4 Å². The van der Waals surface area contributed by atoms with Crippen LogP contribution in [0.1, 0.15) is 47.9 Å². The van der Waals surface area contributed by atoms with Gasteiger partial charge < -0.3 is 4.74 Å². The Morgan fingerprint density at radius 1 is 1.40 bits per heavy atom. The van der Waals surface area contributed by atoms with Gasteiger partial charge in [-0.25, -0.2) is 9.48 Å². The summed E-state index contributed by atoms with van der Waals surface area (Å²) in [6.07, 6.45) is 1.85. The van der Waals surface area contributed by atoms with Gasteiger partial charge in [0.1, 0.15) is 0 Å². The van der Waals surface area contributed by atoms with Crippen LogP contribution in [-0.4, -0.2) is 27.6 Å². The van der Waals surface area contributed by atoms with Gasteiger partial charge in [0.25, 0.3) is 0 Å². The first kappa shape index (κ1) is 12.8. The number of nitrogens with zero attached hydrogens (tertiary/aromatic N) is 3. The van der Waals surface area contributed by atoms with E-state index in [2.05, 4.69) is 23.3 Å². The van der Waals surface area contributed by atoms with Crippen LogP contribution in [0.5, 0.6) is 0 Å². The number of fused-ring (bicyclic) bond motifs is 3. The van der Waals surface area contributed by atoms with Crippen molar-refractivity contribution in [3.05, 3.63) is 41.2 Å². The Labute approximate surface area is 117 Å². The minimum absolute atomic E-state index is 0.249. The predicted octanol–water partition coefficient (Wildman–Crippen LogP) is 2.49. The molecule has 1 unspecified atom stereocenters. The van der Waals surface area contributed by atoms with Crippen molar-refractivity contribution < 1.29 is 9.53 Å². The molecule has 0 saturated heterocycles. The van der Waals surface area contributed by atoms with Crippen LogP contribution in [0.4, 0.5) is 0 Å². The molecule has 2 heterocycles. The quantitative estimate of drug-likeness (QED) is 0.805. The molecule has 2 aromatic rings. The summed E-state index contributed by atoms with van der Waals surface area (Å²) in [5, 5.41) is 8.22. The molecule has 3 rings (SSSR count). The molecule has 20 heavy (non-hydrogen) atoms. The van der Waals surface area contributed by atoms with Gasteiger partial charge in [0, 0.05) is 5.92 Å². The first-order chi connectivity index (χ1) is 9.76. The number of carbonyl (C=O) groups is 1. The highest BCUT2D eigenvalue weighted by atomic mass is 16.5. The lowest BCUT2D eigenvalue weighted by Gasteiger charge is -2.24. The van der Waals surface area contributed by atoms with E-state index in [0.717, 1.165) is 24.2 Å². The topological polar surface area (TPSA) is 57.0 Å². The number of benzene rings is 1. The van der Waals surface area contributed by atoms with E-state index in [1.807, 2.05) is 18.2 Å². The SMILES string of the molecule is CCOC(=O)c1nnn2c1C(CC)Cc1ccccc1-2. The summed E-state index contributed by atoms with van der Waals surface area (Å²) in [7, 11) is 0. The van der Waals surface area contributed by atoms with Gasteiger partial charge in [0.2, 0.25) is 0 Å². The number of esters is 1. The Bertz CT molecular complexity index is 648. The minimum Gasteiger partial charge on any atom is -0.461 e. The summed E-state index contributed by atoms with van der Waals surface area (Å²) < 4.78 is 6.87. The fraction of sp³-hybridized carbons (Fsp3) is 0.400. The van der Waals surface area contributed by atoms with Crippen LogP contribution in [0.3, 0.4) is 0 Å². The van der Waals surface area contributed by atoms with E-state index in [1.165, 1.54) is 5.56 Å². The standard InChI is InChI=1S/C15H17N3O2/c1-3-10-9-11-7-5-6-8-12(11)18-14(10)13(16-17-18)15(19)20-4-2/h5-8,10H,3-4,9H2,1-2H3. The zero-order valence-corrected chi connectivity index (χ0v) is 11.7. The monoisotopic (exact) mass is 271 g/mol. The predicted molar refractivity (Wildman–Crippen MR) is 74.1 cm³/mol. The number of hydrogen-bond donors (Lipinski definition) is 0. The van der Waals surface area contributed by atoms with Gasteiger partial charge in [-0.2, -0.15) is 0 Å². The van der Waals surface area contributed by atoms with E-state index in [-0.39, 0.29) is 11.9 Å². The van der Waals surface area contributed by atoms with Crippen LogP contribution in [0.2, 0.25) is 0 Å². The zero-order valence-electron chi connectivity index (χ0n) is 11.7. The Kier molecular flexibility index (Phi) is 3.26. The van der Waals surface area contributed by atoms with Crippen molar-refractivity contribution in [2.45, 2.75) is 32.6 Å². The van der Waals surface area contributed by atoms with Crippen molar-refractivity contribution in [1.82, 2.24) is 15.0 Å². The molecule has 5 heteroatoms. The second-order valence-electron chi connectivity index (χ2n) is 4.89. The van der Waals surface area contributed by atoms with Crippen molar-refractivity contribution in [3.63, 3.8) is 0 Å². The van der Waals surface area contributed by atoms with Crippen LogP contribution in [0.25, 0.3) is 5.69 Å². The van der Waals surface area contributed by atoms with E-state index < -0.39 is 0 Å². The molecule has 1 aromatic carbocycles. The normalized spacial score (nSPS) is 16.4. The maximum absolute atomic E-state index is 12.0. The molecule has 0 radical (unpaired) electrons. The lowest BCUT2D eigenvalue weighted by atomic mass is 9.88. The molecule has 0 fully saturated rings. The van der Waals surface area contributed by atoms with Gasteiger partial charge in [-0.3, -0.25) is 0 Å². The van der Waals surface area contributed by atoms with Gasteiger partial charge in [-0.15, -0.1) is 5.10 Å². The maximum atomic E-state index is 12.0. The molecule has 5 nitrogen and oxygen atoms in total. The number of hydrogen-bond acceptors (Lipinski definition) is 4. The van der Waals surface area contributed by atoms with Crippen molar-refractivity contribution >= 4 is 5.97 Å². The number of ether oxygens (including phenoxy) is 1. The van der Waals surface area contributed by atoms with Crippen LogP contribution >= 0.6 is 0 Å². The highest BCUT2D eigenvalue weighted by molar-refractivity contribution is 5.89. The molecule has 104 valence electrons. The Morgan fingerprint density at radius 3 is 2.95 bits per heavy atom. The molecule has 0 aliphatic carbocycles. The molecular weight excluding hydrogens is 254 g/mol. The summed E-state index contributed by atoms with van der Waals surface area (Å²) in [5.74, 6) is -0.133. The molecule has 0 spiro atoms. The van der Waals surface area contributed by atoms with Gasteiger partial charge in [0.15, 0.2) is 5.69 Å². The summed E-state index contributed by atoms with van der Waals surface area (Å²) >= 11 is 0. The van der Waals surface area contributed by atoms with Crippen molar-refractivity contribution in [2.75, 3.05) is 6.61 Å². The largest absolute Gasteiger partial charge is 0.461 e. The highest BCUT2D eigenvalue weighted by Crippen LogP contribution is 2.35. The summed E-state index contributed by atoms with van der Waals surface area (Å²) in [6.45, 7) is 4.25. The van der Waals surface area contributed by atoms with Crippen molar-refractivity contribution in [3.8, 4) is 5.69 Å². The average Bonchev–Trinajstić information content (AvgIpc) is 2.92. The highest BCUT2D eigenvalue weighted by Gasteiger charge is 2.31. The third kappa shape index (κ3) is 1.90. The van der Waals surface area contributed by atoms with Gasteiger partial charge >= 0.3 is 5.97 Å². The van der Waals surface area contributed by atoms with E-state index in [0.29, 0.717) is 12.3 Å². The fourth-order valence-corrected chi connectivity index (χ4v) is 2.77. The summed E-state index contributed by atoms with van der Waals surface area (Å²) in [5.41, 5.74) is 3.49. The Hall–Kier alpha value is -2.17. The van der Waals surface area contributed by atoms with E-state index in [9.17, 15) is 4.79 Å². The van der Waals surface area contributed by atoms with Crippen molar-refractivity contribution in [1.29, 1.82) is 0 Å². The first-order valence-corrected chi connectivity index (χ1v) is 6.97. The van der Waals surface area contributed by atoms with E-state index in [4.69, 9.17) is 4.74 Å². The molecular formula is C15H17N3O2. The van der Waals surface area contributed by atoms with Crippen LogP contribution in [-0.2, 0) is 11.2 Å². The Morgan fingerprint density at radius 2 is 2.20 bits per heavy atom. The fourth-order valence-electron chi connectivity index (χ4n) is 2.77. The number of aromatic nitrogens is 3. The second-order valence-corrected chi connectivity index (χ2v) is 4.89. The van der Waals surface area contributed by atoms with Crippen LogP contribution in [0.15, 0.2) is 24.3 Å². The Balaban J connectivity index is 2.14. The first-order valence-electron chi connectivity index (χ1n) is 6.97. The molecule has 1 aromatic heterocycles. The maximum Gasteiger partial charge on any atom is 0.360 e. The summed E-state index contributed by atoms with van der Waals surface area (Å²) in [4.78, 5) is 12.0.